The predicted molar refractivity (Wildman–Crippen MR) is 76.2 cm³/mol. The zero-order valence-electron chi connectivity index (χ0n) is 12.1. The third-order valence-electron chi connectivity index (χ3n) is 2.95. The fourth-order valence-corrected chi connectivity index (χ4v) is 2.75. The molecule has 106 valence electrons. The van der Waals surface area contributed by atoms with Gasteiger partial charge in [0.15, 0.2) is 5.16 Å². The number of carbonyl (C=O) groups excluding carboxylic acids is 1. The number of esters is 1. The Balaban J connectivity index is 2.65. The second kappa shape index (κ2) is 6.86. The molecule has 6 heteroatoms. The highest BCUT2D eigenvalue weighted by molar-refractivity contribution is 7.99. The first kappa shape index (κ1) is 15.9. The van der Waals surface area contributed by atoms with Crippen LogP contribution in [-0.2, 0) is 9.53 Å². The van der Waals surface area contributed by atoms with Gasteiger partial charge in [0, 0.05) is 17.6 Å². The summed E-state index contributed by atoms with van der Waals surface area (Å²) < 4.78 is 4.83. The lowest BCUT2D eigenvalue weighted by molar-refractivity contribution is -0.147. The van der Waals surface area contributed by atoms with Gasteiger partial charge in [-0.3, -0.25) is 4.79 Å². The van der Waals surface area contributed by atoms with Crippen LogP contribution >= 0.6 is 11.8 Å². The van der Waals surface area contributed by atoms with Crippen molar-refractivity contribution in [2.45, 2.75) is 43.1 Å². The topological polar surface area (TPSA) is 64.1 Å². The summed E-state index contributed by atoms with van der Waals surface area (Å²) in [7, 11) is 3.16. The van der Waals surface area contributed by atoms with Crippen molar-refractivity contribution in [1.29, 1.82) is 0 Å². The van der Waals surface area contributed by atoms with Crippen LogP contribution in [0.3, 0.4) is 0 Å². The third kappa shape index (κ3) is 4.47. The predicted octanol–water partition coefficient (Wildman–Crippen LogP) is 1.81. The number of ether oxygens (including phenoxy) is 1. The van der Waals surface area contributed by atoms with Crippen LogP contribution < -0.4 is 5.32 Å². The van der Waals surface area contributed by atoms with Crippen LogP contribution in [0.2, 0.25) is 0 Å². The molecule has 1 N–H and O–H groups in total. The van der Waals surface area contributed by atoms with Crippen molar-refractivity contribution in [3.63, 3.8) is 0 Å². The van der Waals surface area contributed by atoms with Crippen LogP contribution in [0.25, 0.3) is 0 Å². The first-order valence-electron chi connectivity index (χ1n) is 6.14. The maximum absolute atomic E-state index is 11.8. The molecule has 0 spiro atoms. The molecule has 0 amide bonds. The first-order chi connectivity index (χ1) is 8.91. The van der Waals surface area contributed by atoms with E-state index in [4.69, 9.17) is 4.74 Å². The monoisotopic (exact) mass is 283 g/mol. The molecule has 0 aromatic carbocycles. The van der Waals surface area contributed by atoms with Crippen molar-refractivity contribution >= 4 is 17.7 Å². The molecule has 19 heavy (non-hydrogen) atoms. The van der Waals surface area contributed by atoms with Gasteiger partial charge in [-0.15, -0.1) is 0 Å². The highest BCUT2D eigenvalue weighted by Gasteiger charge is 2.34. The van der Waals surface area contributed by atoms with Gasteiger partial charge >= 0.3 is 5.97 Å². The Morgan fingerprint density at radius 1 is 1.53 bits per heavy atom. The maximum Gasteiger partial charge on any atom is 0.325 e. The van der Waals surface area contributed by atoms with Gasteiger partial charge in [-0.2, -0.15) is 0 Å². The Morgan fingerprint density at radius 2 is 2.11 bits per heavy atom. The van der Waals surface area contributed by atoms with E-state index in [0.29, 0.717) is 6.42 Å². The van der Waals surface area contributed by atoms with Crippen molar-refractivity contribution in [3.05, 3.63) is 18.0 Å². The Bertz CT molecular complexity index is 424. The van der Waals surface area contributed by atoms with Gasteiger partial charge in [0.25, 0.3) is 0 Å². The van der Waals surface area contributed by atoms with Crippen LogP contribution in [0.4, 0.5) is 0 Å². The Hall–Kier alpha value is -1.14. The molecule has 1 heterocycles. The van der Waals surface area contributed by atoms with E-state index in [9.17, 15) is 4.79 Å². The summed E-state index contributed by atoms with van der Waals surface area (Å²) in [5.41, 5.74) is 0.345. The smallest absolute Gasteiger partial charge is 0.325 e. The van der Waals surface area contributed by atoms with E-state index < -0.39 is 5.54 Å². The van der Waals surface area contributed by atoms with Gasteiger partial charge in [0.05, 0.1) is 7.11 Å². The van der Waals surface area contributed by atoms with E-state index in [1.165, 1.54) is 7.11 Å². The normalized spacial score (nSPS) is 15.6. The number of carbonyl (C=O) groups is 1. The van der Waals surface area contributed by atoms with Crippen LogP contribution in [0.1, 0.15) is 25.8 Å². The fraction of sp³-hybridized carbons (Fsp3) is 0.615. The number of aryl methyl sites for hydroxylation is 1. The molecule has 0 aliphatic rings. The van der Waals surface area contributed by atoms with Crippen LogP contribution in [0.5, 0.6) is 0 Å². The summed E-state index contributed by atoms with van der Waals surface area (Å²) in [6, 6.07) is 0. The lowest BCUT2D eigenvalue weighted by Gasteiger charge is -2.28. The van der Waals surface area contributed by atoms with Gasteiger partial charge in [0.2, 0.25) is 0 Å². The number of hydrogen-bond acceptors (Lipinski definition) is 6. The number of nitrogens with one attached hydrogen (secondary N) is 1. The van der Waals surface area contributed by atoms with E-state index in [1.807, 2.05) is 20.8 Å². The number of aromatic nitrogens is 2. The molecule has 0 aliphatic carbocycles. The van der Waals surface area contributed by atoms with Gasteiger partial charge < -0.3 is 10.1 Å². The third-order valence-corrected chi connectivity index (χ3v) is 3.94. The van der Waals surface area contributed by atoms with Crippen molar-refractivity contribution in [3.8, 4) is 0 Å². The molecule has 0 aliphatic heterocycles. The summed E-state index contributed by atoms with van der Waals surface area (Å²) in [5.74, 6) is -0.257. The zero-order valence-corrected chi connectivity index (χ0v) is 12.9. The Morgan fingerprint density at radius 3 is 2.58 bits per heavy atom. The van der Waals surface area contributed by atoms with E-state index in [0.717, 1.165) is 10.7 Å². The minimum absolute atomic E-state index is 0.194. The molecule has 5 nitrogen and oxygen atoms in total. The van der Waals surface area contributed by atoms with Crippen LogP contribution in [0.15, 0.2) is 17.6 Å². The van der Waals surface area contributed by atoms with Crippen molar-refractivity contribution in [1.82, 2.24) is 15.3 Å². The number of methoxy groups -OCH3 is 1. The number of likely N-dealkylation sites (N-methyl/N-ethyl adjacent to an activating group) is 1. The molecular weight excluding hydrogens is 262 g/mol. The van der Waals surface area contributed by atoms with E-state index in [-0.39, 0.29) is 11.2 Å². The van der Waals surface area contributed by atoms with Crippen molar-refractivity contribution in [2.75, 3.05) is 14.2 Å². The number of hydrogen-bond donors (Lipinski definition) is 1. The number of rotatable bonds is 6. The summed E-state index contributed by atoms with van der Waals surface area (Å²) >= 11 is 1.55. The number of thioether (sulfide) groups is 1. The first-order valence-corrected chi connectivity index (χ1v) is 7.02. The minimum Gasteiger partial charge on any atom is -0.468 e. The van der Waals surface area contributed by atoms with Gasteiger partial charge in [0.1, 0.15) is 5.54 Å². The van der Waals surface area contributed by atoms with E-state index in [1.54, 1.807) is 31.2 Å². The molecule has 0 fully saturated rings. The molecule has 1 rings (SSSR count). The molecule has 0 saturated carbocycles. The standard InChI is InChI=1S/C13H21N3O2S/c1-9-7-15-12(16-8-9)19-10(2)6-13(3,14-4)11(17)18-5/h7-8,10,14H,6H2,1-5H3. The lowest BCUT2D eigenvalue weighted by Crippen LogP contribution is -2.49. The Kier molecular flexibility index (Phi) is 5.75. The van der Waals surface area contributed by atoms with Gasteiger partial charge in [-0.25, -0.2) is 9.97 Å². The molecule has 0 radical (unpaired) electrons. The highest BCUT2D eigenvalue weighted by atomic mass is 32.2. The molecule has 2 unspecified atom stereocenters. The van der Waals surface area contributed by atoms with Crippen LogP contribution in [0, 0.1) is 6.92 Å². The van der Waals surface area contributed by atoms with Gasteiger partial charge in [-0.05, 0) is 32.9 Å². The largest absolute Gasteiger partial charge is 0.468 e. The van der Waals surface area contributed by atoms with Crippen molar-refractivity contribution in [2.24, 2.45) is 0 Å². The highest BCUT2D eigenvalue weighted by Crippen LogP contribution is 2.26. The molecule has 0 saturated heterocycles. The maximum atomic E-state index is 11.8. The quantitative estimate of drug-likeness (QED) is 0.488. The minimum atomic E-state index is -0.689. The fourth-order valence-electron chi connectivity index (χ4n) is 1.75. The van der Waals surface area contributed by atoms with E-state index >= 15 is 0 Å². The molecular formula is C13H21N3O2S. The molecule has 2 atom stereocenters. The molecule has 1 aromatic heterocycles. The zero-order chi connectivity index (χ0) is 14.5. The summed E-state index contributed by atoms with van der Waals surface area (Å²) in [6.45, 7) is 5.84. The van der Waals surface area contributed by atoms with Crippen LogP contribution in [-0.4, -0.2) is 40.9 Å². The summed E-state index contributed by atoms with van der Waals surface area (Å²) in [6.07, 6.45) is 4.22. The second-order valence-electron chi connectivity index (χ2n) is 4.75. The lowest BCUT2D eigenvalue weighted by atomic mass is 9.96. The average molecular weight is 283 g/mol. The number of nitrogens with zero attached hydrogens (tertiary/aromatic N) is 2. The molecule has 0 bridgehead atoms. The van der Waals surface area contributed by atoms with E-state index in [2.05, 4.69) is 15.3 Å². The second-order valence-corrected chi connectivity index (χ2v) is 6.15. The Labute approximate surface area is 118 Å². The SMILES string of the molecule is CNC(C)(CC(C)Sc1ncc(C)cn1)C(=O)OC. The molecule has 1 aromatic rings. The van der Waals surface area contributed by atoms with Crippen molar-refractivity contribution < 1.29 is 9.53 Å². The summed E-state index contributed by atoms with van der Waals surface area (Å²) in [4.78, 5) is 20.3. The summed E-state index contributed by atoms with van der Waals surface area (Å²) in [5, 5.41) is 3.94. The average Bonchev–Trinajstić information content (AvgIpc) is 2.40. The van der Waals surface area contributed by atoms with Gasteiger partial charge in [-0.1, -0.05) is 18.7 Å².